The van der Waals surface area contributed by atoms with E-state index in [0.717, 1.165) is 11.1 Å². The zero-order valence-corrected chi connectivity index (χ0v) is 15.7. The Morgan fingerprint density at radius 3 is 2.30 bits per heavy atom. The van der Waals surface area contributed by atoms with E-state index in [9.17, 15) is 14.4 Å². The van der Waals surface area contributed by atoms with Crippen LogP contribution < -0.4 is 10.1 Å². The number of carbonyl (C=O) groups is 3. The Kier molecular flexibility index (Phi) is 7.11. The molecule has 0 saturated heterocycles. The predicted octanol–water partition coefficient (Wildman–Crippen LogP) is 3.07. The molecule has 0 heterocycles. The molecule has 142 valence electrons. The number of amides is 1. The number of aryl methyl sites for hydroxylation is 1. The Balaban J connectivity index is 1.85. The lowest BCUT2D eigenvalue weighted by Crippen LogP contribution is -2.23. The second-order valence-corrected chi connectivity index (χ2v) is 6.09. The molecule has 0 unspecified atom stereocenters. The third kappa shape index (κ3) is 5.67. The van der Waals surface area contributed by atoms with E-state index in [0.29, 0.717) is 23.4 Å². The molecule has 0 aliphatic rings. The molecule has 1 amide bonds. The normalized spacial score (nSPS) is 10.2. The first-order valence-corrected chi connectivity index (χ1v) is 8.56. The van der Waals surface area contributed by atoms with Crippen LogP contribution in [0.3, 0.4) is 0 Å². The molecular weight excluding hydrogens is 346 g/mol. The average molecular weight is 369 g/mol. The second kappa shape index (κ2) is 9.52. The van der Waals surface area contributed by atoms with Crippen molar-refractivity contribution in [2.45, 2.75) is 26.3 Å². The van der Waals surface area contributed by atoms with Crippen molar-refractivity contribution in [3.8, 4) is 5.75 Å². The number of hydrogen-bond donors (Lipinski definition) is 1. The van der Waals surface area contributed by atoms with Crippen molar-refractivity contribution in [3.05, 3.63) is 64.7 Å². The number of benzene rings is 2. The van der Waals surface area contributed by atoms with Crippen LogP contribution in [0.1, 0.15) is 44.7 Å². The van der Waals surface area contributed by atoms with Crippen molar-refractivity contribution in [1.82, 2.24) is 5.32 Å². The van der Waals surface area contributed by atoms with Gasteiger partial charge in [0.25, 0.3) is 0 Å². The van der Waals surface area contributed by atoms with Gasteiger partial charge < -0.3 is 14.8 Å². The molecule has 0 spiro atoms. The third-order valence-electron chi connectivity index (χ3n) is 4.10. The van der Waals surface area contributed by atoms with Crippen molar-refractivity contribution in [1.29, 1.82) is 0 Å². The number of ketones is 1. The van der Waals surface area contributed by atoms with E-state index >= 15 is 0 Å². The van der Waals surface area contributed by atoms with E-state index in [1.165, 1.54) is 14.2 Å². The van der Waals surface area contributed by atoms with Gasteiger partial charge in [-0.2, -0.15) is 0 Å². The molecule has 0 aromatic heterocycles. The fraction of sp³-hybridized carbons (Fsp3) is 0.286. The summed E-state index contributed by atoms with van der Waals surface area (Å²) in [6.45, 7) is 2.22. The Labute approximate surface area is 158 Å². The van der Waals surface area contributed by atoms with Gasteiger partial charge in [-0.1, -0.05) is 23.8 Å². The summed E-state index contributed by atoms with van der Waals surface area (Å²) < 4.78 is 9.85. The van der Waals surface area contributed by atoms with Gasteiger partial charge in [0.15, 0.2) is 5.78 Å². The highest BCUT2D eigenvalue weighted by Gasteiger charge is 2.14. The Morgan fingerprint density at radius 2 is 1.67 bits per heavy atom. The van der Waals surface area contributed by atoms with Gasteiger partial charge in [-0.05, 0) is 36.8 Å². The van der Waals surface area contributed by atoms with Crippen molar-refractivity contribution in [3.63, 3.8) is 0 Å². The molecule has 2 rings (SSSR count). The number of methoxy groups -OCH3 is 2. The number of hydrogen-bond acceptors (Lipinski definition) is 5. The van der Waals surface area contributed by atoms with Gasteiger partial charge >= 0.3 is 5.97 Å². The molecule has 0 atom stereocenters. The number of carbonyl (C=O) groups excluding carboxylic acids is 3. The fourth-order valence-electron chi connectivity index (χ4n) is 2.57. The largest absolute Gasteiger partial charge is 0.496 e. The Hall–Kier alpha value is -3.15. The van der Waals surface area contributed by atoms with E-state index in [1.807, 2.05) is 13.0 Å². The number of rotatable bonds is 8. The maximum Gasteiger partial charge on any atom is 0.337 e. The summed E-state index contributed by atoms with van der Waals surface area (Å²) in [5, 5.41) is 2.77. The quantitative estimate of drug-likeness (QED) is 0.571. The molecule has 6 nitrogen and oxygen atoms in total. The van der Waals surface area contributed by atoms with Gasteiger partial charge in [0.2, 0.25) is 5.91 Å². The van der Waals surface area contributed by atoms with E-state index < -0.39 is 5.97 Å². The van der Waals surface area contributed by atoms with E-state index in [-0.39, 0.29) is 24.5 Å². The van der Waals surface area contributed by atoms with Crippen LogP contribution in [0.4, 0.5) is 0 Å². The lowest BCUT2D eigenvalue weighted by molar-refractivity contribution is -0.121. The van der Waals surface area contributed by atoms with Gasteiger partial charge in [0, 0.05) is 19.4 Å². The highest BCUT2D eigenvalue weighted by Crippen LogP contribution is 2.21. The maximum absolute atomic E-state index is 12.4. The van der Waals surface area contributed by atoms with E-state index in [1.54, 1.807) is 36.4 Å². The molecule has 2 aromatic rings. The van der Waals surface area contributed by atoms with Gasteiger partial charge in [-0.15, -0.1) is 0 Å². The first kappa shape index (κ1) is 20.2. The van der Waals surface area contributed by atoms with Gasteiger partial charge in [-0.3, -0.25) is 9.59 Å². The van der Waals surface area contributed by atoms with E-state index in [4.69, 9.17) is 4.74 Å². The van der Waals surface area contributed by atoms with Crippen molar-refractivity contribution >= 4 is 17.7 Å². The molecular formula is C21H23NO5. The molecule has 27 heavy (non-hydrogen) atoms. The van der Waals surface area contributed by atoms with Crippen LogP contribution in [0.2, 0.25) is 0 Å². The lowest BCUT2D eigenvalue weighted by atomic mass is 10.0. The van der Waals surface area contributed by atoms with Gasteiger partial charge in [0.05, 0.1) is 25.3 Å². The summed E-state index contributed by atoms with van der Waals surface area (Å²) in [6.07, 6.45) is 0.198. The Morgan fingerprint density at radius 1 is 0.963 bits per heavy atom. The van der Waals surface area contributed by atoms with Crippen molar-refractivity contribution in [2.75, 3.05) is 14.2 Å². The molecule has 0 bridgehead atoms. The summed E-state index contributed by atoms with van der Waals surface area (Å²) in [5.41, 5.74) is 2.75. The first-order chi connectivity index (χ1) is 12.9. The topological polar surface area (TPSA) is 81.7 Å². The van der Waals surface area contributed by atoms with Crippen LogP contribution in [0.25, 0.3) is 0 Å². The third-order valence-corrected chi connectivity index (χ3v) is 4.10. The zero-order valence-electron chi connectivity index (χ0n) is 15.7. The smallest absolute Gasteiger partial charge is 0.337 e. The minimum Gasteiger partial charge on any atom is -0.496 e. The molecule has 1 N–H and O–H groups in total. The average Bonchev–Trinajstić information content (AvgIpc) is 2.70. The molecule has 6 heteroatoms. The summed E-state index contributed by atoms with van der Waals surface area (Å²) >= 11 is 0. The minimum absolute atomic E-state index is 0.0934. The molecule has 0 saturated carbocycles. The summed E-state index contributed by atoms with van der Waals surface area (Å²) in [5.74, 6) is -0.243. The summed E-state index contributed by atoms with van der Waals surface area (Å²) in [6, 6.07) is 12.2. The monoisotopic (exact) mass is 369 g/mol. The first-order valence-electron chi connectivity index (χ1n) is 8.56. The predicted molar refractivity (Wildman–Crippen MR) is 101 cm³/mol. The van der Waals surface area contributed by atoms with Crippen molar-refractivity contribution < 1.29 is 23.9 Å². The number of nitrogens with one attached hydrogen (secondary N) is 1. The van der Waals surface area contributed by atoms with Crippen LogP contribution in [0.15, 0.2) is 42.5 Å². The zero-order chi connectivity index (χ0) is 19.8. The van der Waals surface area contributed by atoms with Crippen LogP contribution in [0, 0.1) is 6.92 Å². The van der Waals surface area contributed by atoms with Crippen LogP contribution in [-0.2, 0) is 16.1 Å². The SMILES string of the molecule is COC(=O)c1ccc(CNC(=O)CCC(=O)c2cc(C)ccc2OC)cc1. The van der Waals surface area contributed by atoms with Crippen LogP contribution in [-0.4, -0.2) is 31.9 Å². The standard InChI is InChI=1S/C21H23NO5/c1-14-4-10-19(26-2)17(12-14)18(23)9-11-20(24)22-13-15-5-7-16(8-6-15)21(25)27-3/h4-8,10,12H,9,11,13H2,1-3H3,(H,22,24). The number of Topliss-reactive ketones (excluding diaryl/α,β-unsaturated/α-hetero) is 1. The highest BCUT2D eigenvalue weighted by atomic mass is 16.5. The van der Waals surface area contributed by atoms with Crippen LogP contribution in [0.5, 0.6) is 5.75 Å². The lowest BCUT2D eigenvalue weighted by Gasteiger charge is -2.09. The number of ether oxygens (including phenoxy) is 2. The second-order valence-electron chi connectivity index (χ2n) is 6.09. The van der Waals surface area contributed by atoms with Gasteiger partial charge in [0.1, 0.15) is 5.75 Å². The van der Waals surface area contributed by atoms with Gasteiger partial charge in [-0.25, -0.2) is 4.79 Å². The minimum atomic E-state index is -0.407. The summed E-state index contributed by atoms with van der Waals surface area (Å²) in [4.78, 5) is 35.8. The summed E-state index contributed by atoms with van der Waals surface area (Å²) in [7, 11) is 2.84. The highest BCUT2D eigenvalue weighted by molar-refractivity contribution is 6.00. The molecule has 2 aromatic carbocycles. The molecule has 0 aliphatic heterocycles. The fourth-order valence-corrected chi connectivity index (χ4v) is 2.57. The van der Waals surface area contributed by atoms with Crippen molar-refractivity contribution in [2.24, 2.45) is 0 Å². The maximum atomic E-state index is 12.4. The molecule has 0 aliphatic carbocycles. The number of esters is 1. The molecule has 0 radical (unpaired) electrons. The van der Waals surface area contributed by atoms with Crippen LogP contribution >= 0.6 is 0 Å². The molecule has 0 fully saturated rings. The van der Waals surface area contributed by atoms with E-state index in [2.05, 4.69) is 10.1 Å². The Bertz CT molecular complexity index is 827.